The highest BCUT2D eigenvalue weighted by Crippen LogP contribution is 2.31. The lowest BCUT2D eigenvalue weighted by molar-refractivity contribution is 0.0573. The SMILES string of the molecule is CCCC(C)N(C)C1(CN)CCN(c2ccccc2)CC1. The van der Waals surface area contributed by atoms with Crippen LogP contribution in [0, 0.1) is 0 Å². The van der Waals surface area contributed by atoms with E-state index in [1.165, 1.54) is 18.5 Å². The van der Waals surface area contributed by atoms with Crippen molar-refractivity contribution in [1.29, 1.82) is 0 Å². The summed E-state index contributed by atoms with van der Waals surface area (Å²) in [6, 6.07) is 11.3. The Balaban J connectivity index is 2.02. The van der Waals surface area contributed by atoms with Crippen LogP contribution in [0.4, 0.5) is 5.69 Å². The lowest BCUT2D eigenvalue weighted by Gasteiger charge is -2.49. The average Bonchev–Trinajstić information content (AvgIpc) is 2.55. The van der Waals surface area contributed by atoms with E-state index in [9.17, 15) is 0 Å². The van der Waals surface area contributed by atoms with E-state index in [4.69, 9.17) is 5.73 Å². The molecule has 1 aromatic carbocycles. The second-order valence-electron chi connectivity index (χ2n) is 6.50. The maximum absolute atomic E-state index is 6.20. The van der Waals surface area contributed by atoms with Gasteiger partial charge in [-0.1, -0.05) is 31.5 Å². The van der Waals surface area contributed by atoms with Gasteiger partial charge in [0.05, 0.1) is 0 Å². The topological polar surface area (TPSA) is 32.5 Å². The molecule has 2 rings (SSSR count). The van der Waals surface area contributed by atoms with Gasteiger partial charge in [-0.25, -0.2) is 0 Å². The Morgan fingerprint density at radius 3 is 2.38 bits per heavy atom. The maximum Gasteiger partial charge on any atom is 0.0366 e. The number of hydrogen-bond acceptors (Lipinski definition) is 3. The molecule has 0 spiro atoms. The highest BCUT2D eigenvalue weighted by atomic mass is 15.2. The quantitative estimate of drug-likeness (QED) is 0.873. The number of piperidine rings is 1. The molecular weight excluding hydrogens is 258 g/mol. The molecule has 1 unspecified atom stereocenters. The van der Waals surface area contributed by atoms with Gasteiger partial charge in [0.2, 0.25) is 0 Å². The summed E-state index contributed by atoms with van der Waals surface area (Å²) in [4.78, 5) is 5.05. The number of hydrogen-bond donors (Lipinski definition) is 1. The first kappa shape index (κ1) is 16.3. The van der Waals surface area contributed by atoms with E-state index in [2.05, 4.69) is 61.0 Å². The van der Waals surface area contributed by atoms with Crippen LogP contribution in [0.25, 0.3) is 0 Å². The van der Waals surface area contributed by atoms with Gasteiger partial charge in [0.15, 0.2) is 0 Å². The van der Waals surface area contributed by atoms with Crippen molar-refractivity contribution < 1.29 is 0 Å². The van der Waals surface area contributed by atoms with E-state index in [-0.39, 0.29) is 5.54 Å². The minimum atomic E-state index is 0.180. The lowest BCUT2D eigenvalue weighted by Crippen LogP contribution is -2.60. The Morgan fingerprint density at radius 2 is 1.86 bits per heavy atom. The number of nitrogens with zero attached hydrogens (tertiary/aromatic N) is 2. The Labute approximate surface area is 130 Å². The average molecular weight is 289 g/mol. The largest absolute Gasteiger partial charge is 0.371 e. The molecule has 0 aliphatic carbocycles. The van der Waals surface area contributed by atoms with Gasteiger partial charge in [0.25, 0.3) is 0 Å². The number of rotatable bonds is 6. The van der Waals surface area contributed by atoms with E-state index in [0.717, 1.165) is 32.5 Å². The van der Waals surface area contributed by atoms with Crippen molar-refractivity contribution in [2.45, 2.75) is 51.1 Å². The van der Waals surface area contributed by atoms with Crippen LogP contribution in [0.2, 0.25) is 0 Å². The fourth-order valence-electron chi connectivity index (χ4n) is 3.60. The molecule has 21 heavy (non-hydrogen) atoms. The molecule has 118 valence electrons. The fourth-order valence-corrected chi connectivity index (χ4v) is 3.60. The fraction of sp³-hybridized carbons (Fsp3) is 0.667. The zero-order valence-corrected chi connectivity index (χ0v) is 13.9. The van der Waals surface area contributed by atoms with Crippen molar-refractivity contribution in [3.63, 3.8) is 0 Å². The van der Waals surface area contributed by atoms with Crippen molar-refractivity contribution in [2.24, 2.45) is 5.73 Å². The molecule has 0 aromatic heterocycles. The molecule has 0 radical (unpaired) electrons. The molecule has 3 nitrogen and oxygen atoms in total. The Bertz CT molecular complexity index is 410. The molecule has 2 N–H and O–H groups in total. The van der Waals surface area contributed by atoms with Crippen LogP contribution in [-0.2, 0) is 0 Å². The van der Waals surface area contributed by atoms with Crippen LogP contribution >= 0.6 is 0 Å². The van der Waals surface area contributed by atoms with Gasteiger partial charge in [0.1, 0.15) is 0 Å². The highest BCUT2D eigenvalue weighted by Gasteiger charge is 2.38. The van der Waals surface area contributed by atoms with Crippen molar-refractivity contribution in [3.8, 4) is 0 Å². The third kappa shape index (κ3) is 3.58. The molecule has 0 saturated carbocycles. The van der Waals surface area contributed by atoms with Gasteiger partial charge in [-0.15, -0.1) is 0 Å². The van der Waals surface area contributed by atoms with Crippen molar-refractivity contribution >= 4 is 5.69 Å². The van der Waals surface area contributed by atoms with Gasteiger partial charge < -0.3 is 10.6 Å². The smallest absolute Gasteiger partial charge is 0.0366 e. The molecule has 1 aromatic rings. The van der Waals surface area contributed by atoms with Crippen LogP contribution in [0.1, 0.15) is 39.5 Å². The number of para-hydroxylation sites is 1. The summed E-state index contributed by atoms with van der Waals surface area (Å²) < 4.78 is 0. The summed E-state index contributed by atoms with van der Waals surface area (Å²) in [7, 11) is 2.27. The van der Waals surface area contributed by atoms with E-state index >= 15 is 0 Å². The first-order valence-corrected chi connectivity index (χ1v) is 8.36. The van der Waals surface area contributed by atoms with Crippen LogP contribution in [0.15, 0.2) is 30.3 Å². The zero-order valence-electron chi connectivity index (χ0n) is 13.9. The Kier molecular flexibility index (Phi) is 5.65. The van der Waals surface area contributed by atoms with Crippen LogP contribution in [-0.4, -0.2) is 43.2 Å². The number of benzene rings is 1. The normalized spacial score (nSPS) is 19.8. The van der Waals surface area contributed by atoms with Crippen molar-refractivity contribution in [2.75, 3.05) is 31.6 Å². The van der Waals surface area contributed by atoms with Crippen molar-refractivity contribution in [1.82, 2.24) is 4.90 Å². The van der Waals surface area contributed by atoms with Crippen LogP contribution < -0.4 is 10.6 Å². The molecule has 1 fully saturated rings. The number of nitrogens with two attached hydrogens (primary N) is 1. The molecule has 1 aliphatic heterocycles. The summed E-state index contributed by atoms with van der Waals surface area (Å²) >= 11 is 0. The summed E-state index contributed by atoms with van der Waals surface area (Å²) in [6.07, 6.45) is 4.80. The minimum Gasteiger partial charge on any atom is -0.371 e. The van der Waals surface area contributed by atoms with E-state index in [1.807, 2.05) is 0 Å². The molecule has 0 amide bonds. The van der Waals surface area contributed by atoms with Gasteiger partial charge in [0, 0.05) is 36.9 Å². The van der Waals surface area contributed by atoms with Gasteiger partial charge >= 0.3 is 0 Å². The molecule has 1 aliphatic rings. The summed E-state index contributed by atoms with van der Waals surface area (Å²) in [5.74, 6) is 0. The minimum absolute atomic E-state index is 0.180. The molecule has 0 bridgehead atoms. The maximum atomic E-state index is 6.20. The monoisotopic (exact) mass is 289 g/mol. The van der Waals surface area contributed by atoms with Crippen molar-refractivity contribution in [3.05, 3.63) is 30.3 Å². The van der Waals surface area contributed by atoms with Gasteiger partial charge in [-0.3, -0.25) is 4.90 Å². The first-order valence-electron chi connectivity index (χ1n) is 8.36. The third-order valence-electron chi connectivity index (χ3n) is 5.31. The van der Waals surface area contributed by atoms with Crippen LogP contribution in [0.3, 0.4) is 0 Å². The summed E-state index contributed by atoms with van der Waals surface area (Å²) in [5, 5.41) is 0. The van der Waals surface area contributed by atoms with Crippen LogP contribution in [0.5, 0.6) is 0 Å². The molecule has 3 heteroatoms. The summed E-state index contributed by atoms with van der Waals surface area (Å²) in [6.45, 7) is 7.57. The van der Waals surface area contributed by atoms with Gasteiger partial charge in [-0.05, 0) is 45.4 Å². The second-order valence-corrected chi connectivity index (χ2v) is 6.50. The van der Waals surface area contributed by atoms with Gasteiger partial charge in [-0.2, -0.15) is 0 Å². The number of anilines is 1. The molecule has 1 atom stereocenters. The predicted molar refractivity (Wildman–Crippen MR) is 91.8 cm³/mol. The Hall–Kier alpha value is -1.06. The Morgan fingerprint density at radius 1 is 1.24 bits per heavy atom. The van der Waals surface area contributed by atoms with E-state index in [1.54, 1.807) is 0 Å². The highest BCUT2D eigenvalue weighted by molar-refractivity contribution is 5.46. The molecule has 1 saturated heterocycles. The first-order chi connectivity index (χ1) is 10.1. The lowest BCUT2D eigenvalue weighted by atomic mass is 9.84. The standard InChI is InChI=1S/C18H31N3/c1-4-8-16(2)20(3)18(15-19)11-13-21(14-12-18)17-9-6-5-7-10-17/h5-7,9-10,16H,4,8,11-15,19H2,1-3H3. The second kappa shape index (κ2) is 7.28. The summed E-state index contributed by atoms with van der Waals surface area (Å²) in [5.41, 5.74) is 7.72. The molecule has 1 heterocycles. The predicted octanol–water partition coefficient (Wildman–Crippen LogP) is 3.10. The number of likely N-dealkylation sites (N-methyl/N-ethyl adjacent to an activating group) is 1. The third-order valence-corrected chi connectivity index (χ3v) is 5.31. The zero-order chi connectivity index (χ0) is 15.3. The van der Waals surface area contributed by atoms with E-state index < -0.39 is 0 Å². The van der Waals surface area contributed by atoms with E-state index in [0.29, 0.717) is 6.04 Å². The molecular formula is C18H31N3.